The maximum Gasteiger partial charge on any atom is 0.240 e. The molecule has 0 unspecified atom stereocenters. The number of allylic oxidation sites excluding steroid dienone is 1. The fourth-order valence-corrected chi connectivity index (χ4v) is 1.76. The summed E-state index contributed by atoms with van der Waals surface area (Å²) in [6.45, 7) is 5.95. The topological polar surface area (TPSA) is 41.6 Å². The molecule has 1 fully saturated rings. The van der Waals surface area contributed by atoms with Crippen molar-refractivity contribution in [2.75, 3.05) is 19.6 Å². The summed E-state index contributed by atoms with van der Waals surface area (Å²) < 4.78 is 5.41. The monoisotopic (exact) mass is 208 g/mol. The van der Waals surface area contributed by atoms with E-state index in [0.717, 1.165) is 18.8 Å². The van der Waals surface area contributed by atoms with E-state index < -0.39 is 0 Å². The first-order chi connectivity index (χ1) is 7.08. The van der Waals surface area contributed by atoms with Gasteiger partial charge in [0.2, 0.25) is 5.91 Å². The Labute approximate surface area is 89.6 Å². The van der Waals surface area contributed by atoms with E-state index in [9.17, 15) is 4.79 Å². The Morgan fingerprint density at radius 2 is 2.33 bits per heavy atom. The summed E-state index contributed by atoms with van der Waals surface area (Å²) in [5.74, 6) is 0.120. The van der Waals surface area contributed by atoms with Gasteiger partial charge in [0.05, 0.1) is 12.8 Å². The van der Waals surface area contributed by atoms with Gasteiger partial charge in [0.25, 0.3) is 0 Å². The second-order valence-electron chi connectivity index (χ2n) is 4.32. The van der Waals surface area contributed by atoms with Gasteiger partial charge in [-0.15, -0.1) is 0 Å². The molecule has 2 aliphatic heterocycles. The number of nitrogens with one attached hydrogen (secondary N) is 1. The van der Waals surface area contributed by atoms with E-state index >= 15 is 0 Å². The quantitative estimate of drug-likeness (QED) is 0.687. The Morgan fingerprint density at radius 1 is 1.53 bits per heavy atom. The van der Waals surface area contributed by atoms with E-state index in [-0.39, 0.29) is 11.5 Å². The zero-order valence-electron chi connectivity index (χ0n) is 9.12. The number of carbonyl (C=O) groups excluding carboxylic acids is 1. The minimum atomic E-state index is -0.324. The molecule has 0 aromatic rings. The Balaban J connectivity index is 2.19. The van der Waals surface area contributed by atoms with Gasteiger partial charge in [-0.1, -0.05) is 0 Å². The van der Waals surface area contributed by atoms with Crippen molar-refractivity contribution >= 4 is 5.91 Å². The van der Waals surface area contributed by atoms with Crippen LogP contribution in [0.4, 0.5) is 0 Å². The third kappa shape index (κ3) is 2.21. The lowest BCUT2D eigenvalue weighted by Crippen LogP contribution is -2.47. The molecule has 15 heavy (non-hydrogen) atoms. The molecule has 2 heterocycles. The normalized spacial score (nSPS) is 24.8. The van der Waals surface area contributed by atoms with Crippen molar-refractivity contribution in [2.45, 2.75) is 19.4 Å². The lowest BCUT2D eigenvalue weighted by molar-refractivity contribution is -0.129. The van der Waals surface area contributed by atoms with Gasteiger partial charge in [-0.2, -0.15) is 0 Å². The molecule has 4 nitrogen and oxygen atoms in total. The Bertz CT molecular complexity index is 331. The van der Waals surface area contributed by atoms with Crippen molar-refractivity contribution in [1.82, 2.24) is 10.2 Å². The van der Waals surface area contributed by atoms with Crippen LogP contribution in [0.5, 0.6) is 0 Å². The number of piperazine rings is 1. The smallest absolute Gasteiger partial charge is 0.240 e. The molecule has 0 atom stereocenters. The zero-order valence-corrected chi connectivity index (χ0v) is 9.12. The Kier molecular flexibility index (Phi) is 2.52. The number of rotatable bonds is 1. The van der Waals surface area contributed by atoms with E-state index in [0.29, 0.717) is 6.54 Å². The molecule has 0 spiro atoms. The highest BCUT2D eigenvalue weighted by Crippen LogP contribution is 2.22. The van der Waals surface area contributed by atoms with Crippen molar-refractivity contribution in [3.63, 3.8) is 0 Å². The van der Waals surface area contributed by atoms with Crippen LogP contribution in [-0.4, -0.2) is 36.0 Å². The number of hydrogen-bond donors (Lipinski definition) is 1. The third-order valence-corrected chi connectivity index (χ3v) is 2.51. The number of ether oxygens (including phenoxy) is 1. The molecule has 4 heteroatoms. The first kappa shape index (κ1) is 10.2. The highest BCUT2D eigenvalue weighted by atomic mass is 16.5. The highest BCUT2D eigenvalue weighted by molar-refractivity contribution is 5.81. The van der Waals surface area contributed by atoms with Gasteiger partial charge >= 0.3 is 0 Å². The number of carbonyl (C=O) groups is 1. The van der Waals surface area contributed by atoms with Crippen LogP contribution < -0.4 is 5.32 Å². The highest BCUT2D eigenvalue weighted by Gasteiger charge is 2.25. The molecule has 0 aliphatic carbocycles. The molecule has 0 aromatic heterocycles. The second-order valence-corrected chi connectivity index (χ2v) is 4.32. The molecule has 2 aliphatic rings. The van der Waals surface area contributed by atoms with Gasteiger partial charge in [-0.25, -0.2) is 0 Å². The minimum absolute atomic E-state index is 0.120. The standard InChI is InChI=1S/C11H16N2O2/c1-11(2)7-9(3-6-15-11)13-5-4-12-8-10(13)14/h3,6-7,12H,4-5,8H2,1-2H3. The minimum Gasteiger partial charge on any atom is -0.491 e. The van der Waals surface area contributed by atoms with E-state index in [2.05, 4.69) is 5.32 Å². The van der Waals surface area contributed by atoms with Crippen molar-refractivity contribution in [3.05, 3.63) is 24.1 Å². The van der Waals surface area contributed by atoms with E-state index in [1.54, 1.807) is 11.2 Å². The van der Waals surface area contributed by atoms with Crippen LogP contribution in [0.15, 0.2) is 24.1 Å². The molecule has 0 saturated carbocycles. The Hall–Kier alpha value is -1.29. The maximum absolute atomic E-state index is 11.7. The summed E-state index contributed by atoms with van der Waals surface area (Å²) in [5.41, 5.74) is 0.618. The Morgan fingerprint density at radius 3 is 3.00 bits per heavy atom. The van der Waals surface area contributed by atoms with Gasteiger partial charge < -0.3 is 15.0 Å². The van der Waals surface area contributed by atoms with Gasteiger partial charge in [0, 0.05) is 18.8 Å². The summed E-state index contributed by atoms with van der Waals surface area (Å²) in [5, 5.41) is 3.05. The first-order valence-electron chi connectivity index (χ1n) is 5.17. The SMILES string of the molecule is CC1(C)C=C(N2CCNCC2=O)C=CO1. The van der Waals surface area contributed by atoms with Gasteiger partial charge in [0.1, 0.15) is 5.60 Å². The average molecular weight is 208 g/mol. The van der Waals surface area contributed by atoms with Crippen LogP contribution in [0.1, 0.15) is 13.8 Å². The molecule has 0 aromatic carbocycles. The van der Waals surface area contributed by atoms with Gasteiger partial charge in [-0.05, 0) is 26.0 Å². The number of hydrogen-bond acceptors (Lipinski definition) is 3. The van der Waals surface area contributed by atoms with Crippen molar-refractivity contribution in [3.8, 4) is 0 Å². The lowest BCUT2D eigenvalue weighted by Gasteiger charge is -2.32. The number of amides is 1. The van der Waals surface area contributed by atoms with Crippen LogP contribution in [-0.2, 0) is 9.53 Å². The summed E-state index contributed by atoms with van der Waals surface area (Å²) in [6.07, 6.45) is 5.48. The molecule has 0 radical (unpaired) electrons. The molecule has 82 valence electrons. The predicted octanol–water partition coefficient (Wildman–Crippen LogP) is 0.625. The van der Waals surface area contributed by atoms with Crippen LogP contribution in [0.2, 0.25) is 0 Å². The largest absolute Gasteiger partial charge is 0.491 e. The summed E-state index contributed by atoms with van der Waals surface area (Å²) in [6, 6.07) is 0. The summed E-state index contributed by atoms with van der Waals surface area (Å²) in [7, 11) is 0. The molecular weight excluding hydrogens is 192 g/mol. The van der Waals surface area contributed by atoms with Crippen molar-refractivity contribution in [2.24, 2.45) is 0 Å². The maximum atomic E-state index is 11.7. The molecule has 1 saturated heterocycles. The molecule has 2 rings (SSSR count). The summed E-state index contributed by atoms with van der Waals surface area (Å²) >= 11 is 0. The summed E-state index contributed by atoms with van der Waals surface area (Å²) in [4.78, 5) is 13.5. The predicted molar refractivity (Wildman–Crippen MR) is 57.0 cm³/mol. The number of nitrogens with zero attached hydrogens (tertiary/aromatic N) is 1. The fraction of sp³-hybridized carbons (Fsp3) is 0.545. The molecule has 1 amide bonds. The van der Waals surface area contributed by atoms with Crippen LogP contribution in [0.25, 0.3) is 0 Å². The van der Waals surface area contributed by atoms with Crippen LogP contribution in [0.3, 0.4) is 0 Å². The van der Waals surface area contributed by atoms with Crippen LogP contribution in [0, 0.1) is 0 Å². The van der Waals surface area contributed by atoms with E-state index in [1.807, 2.05) is 26.0 Å². The van der Waals surface area contributed by atoms with E-state index in [4.69, 9.17) is 4.74 Å². The first-order valence-corrected chi connectivity index (χ1v) is 5.17. The zero-order chi connectivity index (χ0) is 10.9. The van der Waals surface area contributed by atoms with Crippen LogP contribution >= 0.6 is 0 Å². The van der Waals surface area contributed by atoms with Gasteiger partial charge in [-0.3, -0.25) is 4.79 Å². The van der Waals surface area contributed by atoms with Gasteiger partial charge in [0.15, 0.2) is 0 Å². The second kappa shape index (κ2) is 3.70. The molecule has 0 bridgehead atoms. The third-order valence-electron chi connectivity index (χ3n) is 2.51. The van der Waals surface area contributed by atoms with Crippen molar-refractivity contribution in [1.29, 1.82) is 0 Å². The lowest BCUT2D eigenvalue weighted by atomic mass is 10.1. The fourth-order valence-electron chi connectivity index (χ4n) is 1.76. The molecular formula is C11H16N2O2. The van der Waals surface area contributed by atoms with Crippen molar-refractivity contribution < 1.29 is 9.53 Å². The van der Waals surface area contributed by atoms with E-state index in [1.165, 1.54) is 0 Å². The average Bonchev–Trinajstić information content (AvgIpc) is 2.17. The molecule has 1 N–H and O–H groups in total.